The Bertz CT molecular complexity index is 133. The van der Waals surface area contributed by atoms with E-state index in [9.17, 15) is 4.79 Å². The van der Waals surface area contributed by atoms with Gasteiger partial charge >= 0.3 is 5.97 Å². The fraction of sp³-hybridized carbons (Fsp3) is 0.857. The van der Waals surface area contributed by atoms with Gasteiger partial charge in [0.15, 0.2) is 0 Å². The van der Waals surface area contributed by atoms with Gasteiger partial charge in [0.05, 0.1) is 6.42 Å². The number of rotatable bonds is 2. The molecule has 0 spiro atoms. The Morgan fingerprint density at radius 1 is 1.80 bits per heavy atom. The monoisotopic (exact) mass is 144 g/mol. The SMILES string of the molecule is C[C@H]1CC(=O)O[C@H]1CCO. The molecule has 0 unspecified atom stereocenters. The van der Waals surface area contributed by atoms with Crippen molar-refractivity contribution >= 4 is 5.97 Å². The summed E-state index contributed by atoms with van der Waals surface area (Å²) in [6, 6.07) is 0. The van der Waals surface area contributed by atoms with E-state index in [-0.39, 0.29) is 24.6 Å². The minimum Gasteiger partial charge on any atom is -0.462 e. The maximum atomic E-state index is 10.6. The predicted molar refractivity (Wildman–Crippen MR) is 35.4 cm³/mol. The minimum absolute atomic E-state index is 0.0440. The molecule has 2 atom stereocenters. The maximum Gasteiger partial charge on any atom is 0.306 e. The summed E-state index contributed by atoms with van der Waals surface area (Å²) in [5.74, 6) is 0.144. The smallest absolute Gasteiger partial charge is 0.306 e. The third-order valence-electron chi connectivity index (χ3n) is 1.82. The van der Waals surface area contributed by atoms with E-state index in [2.05, 4.69) is 0 Å². The molecule has 0 aromatic carbocycles. The largest absolute Gasteiger partial charge is 0.462 e. The van der Waals surface area contributed by atoms with Crippen molar-refractivity contribution < 1.29 is 14.6 Å². The van der Waals surface area contributed by atoms with E-state index >= 15 is 0 Å². The molecule has 3 heteroatoms. The summed E-state index contributed by atoms with van der Waals surface area (Å²) in [6.45, 7) is 2.06. The second-order valence-corrected chi connectivity index (χ2v) is 2.72. The molecule has 0 aliphatic carbocycles. The van der Waals surface area contributed by atoms with Crippen molar-refractivity contribution in [2.24, 2.45) is 5.92 Å². The van der Waals surface area contributed by atoms with Crippen molar-refractivity contribution in [3.63, 3.8) is 0 Å². The highest BCUT2D eigenvalue weighted by molar-refractivity contribution is 5.71. The van der Waals surface area contributed by atoms with E-state index in [1.807, 2.05) is 6.92 Å². The highest BCUT2D eigenvalue weighted by atomic mass is 16.5. The van der Waals surface area contributed by atoms with Gasteiger partial charge in [-0.15, -0.1) is 0 Å². The number of aliphatic hydroxyl groups is 1. The molecule has 58 valence electrons. The molecule has 0 amide bonds. The summed E-state index contributed by atoms with van der Waals surface area (Å²) in [5.41, 5.74) is 0. The predicted octanol–water partition coefficient (Wildman–Crippen LogP) is 0.320. The van der Waals surface area contributed by atoms with Crippen LogP contribution in [0.1, 0.15) is 19.8 Å². The first-order valence-corrected chi connectivity index (χ1v) is 3.54. The van der Waals surface area contributed by atoms with Crippen molar-refractivity contribution in [1.82, 2.24) is 0 Å². The number of hydrogen-bond donors (Lipinski definition) is 1. The molecule has 1 fully saturated rings. The van der Waals surface area contributed by atoms with Crippen molar-refractivity contribution in [1.29, 1.82) is 0 Å². The van der Waals surface area contributed by atoms with E-state index in [0.29, 0.717) is 12.8 Å². The van der Waals surface area contributed by atoms with Crippen LogP contribution in [0, 0.1) is 5.92 Å². The molecule has 1 N–H and O–H groups in total. The fourth-order valence-corrected chi connectivity index (χ4v) is 1.20. The number of esters is 1. The molecule has 0 aromatic rings. The van der Waals surface area contributed by atoms with Gasteiger partial charge in [-0.1, -0.05) is 6.92 Å². The van der Waals surface area contributed by atoms with Crippen LogP contribution in [-0.2, 0) is 9.53 Å². The van der Waals surface area contributed by atoms with Gasteiger partial charge in [0.1, 0.15) is 6.10 Å². The van der Waals surface area contributed by atoms with Crippen LogP contribution < -0.4 is 0 Å². The first kappa shape index (κ1) is 7.54. The van der Waals surface area contributed by atoms with Gasteiger partial charge < -0.3 is 9.84 Å². The Labute approximate surface area is 60.0 Å². The lowest BCUT2D eigenvalue weighted by Crippen LogP contribution is -2.14. The van der Waals surface area contributed by atoms with E-state index in [4.69, 9.17) is 9.84 Å². The van der Waals surface area contributed by atoms with Crippen LogP contribution in [0.15, 0.2) is 0 Å². The van der Waals surface area contributed by atoms with Crippen LogP contribution in [0.5, 0.6) is 0 Å². The maximum absolute atomic E-state index is 10.6. The molecule has 1 saturated heterocycles. The van der Waals surface area contributed by atoms with Crippen molar-refractivity contribution in [2.75, 3.05) is 6.61 Å². The summed E-state index contributed by atoms with van der Waals surface area (Å²) in [5, 5.41) is 8.54. The molecule has 1 aliphatic heterocycles. The second kappa shape index (κ2) is 3.01. The lowest BCUT2D eigenvalue weighted by atomic mass is 10.0. The molecule has 10 heavy (non-hydrogen) atoms. The van der Waals surface area contributed by atoms with Crippen LogP contribution in [0.3, 0.4) is 0 Å². The van der Waals surface area contributed by atoms with E-state index < -0.39 is 0 Å². The zero-order valence-electron chi connectivity index (χ0n) is 6.04. The Balaban J connectivity index is 2.38. The summed E-state index contributed by atoms with van der Waals surface area (Å²) in [7, 11) is 0. The third-order valence-corrected chi connectivity index (χ3v) is 1.82. The topological polar surface area (TPSA) is 46.5 Å². The number of ether oxygens (including phenoxy) is 1. The third kappa shape index (κ3) is 1.48. The Hall–Kier alpha value is -0.570. The van der Waals surface area contributed by atoms with Gasteiger partial charge in [-0.2, -0.15) is 0 Å². The van der Waals surface area contributed by atoms with Crippen molar-refractivity contribution in [3.8, 4) is 0 Å². The number of aliphatic hydroxyl groups excluding tert-OH is 1. The molecular formula is C7H12O3. The molecule has 1 heterocycles. The Morgan fingerprint density at radius 3 is 2.90 bits per heavy atom. The number of carbonyl (C=O) groups excluding carboxylic acids is 1. The molecule has 0 radical (unpaired) electrons. The van der Waals surface area contributed by atoms with Crippen molar-refractivity contribution in [2.45, 2.75) is 25.9 Å². The van der Waals surface area contributed by atoms with Crippen LogP contribution in [-0.4, -0.2) is 23.8 Å². The Kier molecular flexibility index (Phi) is 2.27. The lowest BCUT2D eigenvalue weighted by molar-refractivity contribution is -0.141. The van der Waals surface area contributed by atoms with Crippen LogP contribution in [0.4, 0.5) is 0 Å². The van der Waals surface area contributed by atoms with Gasteiger partial charge in [0.25, 0.3) is 0 Å². The van der Waals surface area contributed by atoms with Gasteiger partial charge in [0, 0.05) is 18.9 Å². The normalized spacial score (nSPS) is 32.4. The molecule has 0 saturated carbocycles. The zero-order chi connectivity index (χ0) is 7.56. The highest BCUT2D eigenvalue weighted by Gasteiger charge is 2.30. The minimum atomic E-state index is -0.133. The summed E-state index contributed by atoms with van der Waals surface area (Å²) < 4.78 is 4.92. The average Bonchev–Trinajstić information content (AvgIpc) is 2.13. The first-order valence-electron chi connectivity index (χ1n) is 3.54. The molecule has 0 bridgehead atoms. The zero-order valence-corrected chi connectivity index (χ0v) is 6.04. The van der Waals surface area contributed by atoms with Gasteiger partial charge in [-0.3, -0.25) is 4.79 Å². The summed E-state index contributed by atoms with van der Waals surface area (Å²) in [4.78, 5) is 10.6. The van der Waals surface area contributed by atoms with Gasteiger partial charge in [0.2, 0.25) is 0 Å². The van der Waals surface area contributed by atoms with Crippen LogP contribution in [0.2, 0.25) is 0 Å². The standard InChI is InChI=1S/C7H12O3/c1-5-4-7(9)10-6(5)2-3-8/h5-6,8H,2-4H2,1H3/t5-,6-/m0/s1. The van der Waals surface area contributed by atoms with Gasteiger partial charge in [-0.25, -0.2) is 0 Å². The lowest BCUT2D eigenvalue weighted by Gasteiger charge is -2.10. The average molecular weight is 144 g/mol. The van der Waals surface area contributed by atoms with E-state index in [1.54, 1.807) is 0 Å². The van der Waals surface area contributed by atoms with E-state index in [0.717, 1.165) is 0 Å². The quantitative estimate of drug-likeness (QED) is 0.568. The van der Waals surface area contributed by atoms with E-state index in [1.165, 1.54) is 0 Å². The number of cyclic esters (lactones) is 1. The first-order chi connectivity index (χ1) is 4.74. The summed E-state index contributed by atoms with van der Waals surface area (Å²) >= 11 is 0. The molecular weight excluding hydrogens is 132 g/mol. The fourth-order valence-electron chi connectivity index (χ4n) is 1.20. The van der Waals surface area contributed by atoms with Crippen molar-refractivity contribution in [3.05, 3.63) is 0 Å². The molecule has 1 rings (SSSR count). The highest BCUT2D eigenvalue weighted by Crippen LogP contribution is 2.23. The Morgan fingerprint density at radius 2 is 2.50 bits per heavy atom. The van der Waals surface area contributed by atoms with Crippen LogP contribution >= 0.6 is 0 Å². The molecule has 3 nitrogen and oxygen atoms in total. The molecule has 0 aromatic heterocycles. The second-order valence-electron chi connectivity index (χ2n) is 2.72. The summed E-state index contributed by atoms with van der Waals surface area (Å²) in [6.07, 6.45) is 1.04. The number of carbonyl (C=O) groups is 1. The van der Waals surface area contributed by atoms with Gasteiger partial charge in [-0.05, 0) is 0 Å². The van der Waals surface area contributed by atoms with Crippen LogP contribution in [0.25, 0.3) is 0 Å². The number of hydrogen-bond acceptors (Lipinski definition) is 3. The molecule has 1 aliphatic rings.